The van der Waals surface area contributed by atoms with E-state index in [0.29, 0.717) is 5.71 Å². The van der Waals surface area contributed by atoms with E-state index in [4.69, 9.17) is 4.42 Å². The number of aryl methyl sites for hydroxylation is 2. The molecule has 19 heavy (non-hydrogen) atoms. The van der Waals surface area contributed by atoms with Gasteiger partial charge in [-0.05, 0) is 25.3 Å². The van der Waals surface area contributed by atoms with E-state index >= 15 is 0 Å². The van der Waals surface area contributed by atoms with Crippen molar-refractivity contribution in [2.75, 3.05) is 0 Å². The van der Waals surface area contributed by atoms with E-state index in [9.17, 15) is 0 Å². The lowest BCUT2D eigenvalue weighted by Crippen LogP contribution is -1.90. The molecule has 0 saturated heterocycles. The molecule has 0 fully saturated rings. The number of hydrogen-bond acceptors (Lipinski definition) is 3. The molecule has 2 aromatic carbocycles. The van der Waals surface area contributed by atoms with Crippen molar-refractivity contribution in [3.05, 3.63) is 47.9 Å². The van der Waals surface area contributed by atoms with Crippen LogP contribution in [-0.4, -0.2) is 9.97 Å². The molecule has 0 saturated carbocycles. The molecule has 0 unspecified atom stereocenters. The number of nitrogens with zero attached hydrogens (tertiary/aromatic N) is 2. The third-order valence-electron chi connectivity index (χ3n) is 3.52. The Hall–Kier alpha value is -2.42. The quantitative estimate of drug-likeness (QED) is 0.469. The lowest BCUT2D eigenvalue weighted by atomic mass is 10.1. The summed E-state index contributed by atoms with van der Waals surface area (Å²) in [5.41, 5.74) is 2.55. The zero-order valence-corrected chi connectivity index (χ0v) is 10.8. The Morgan fingerprint density at radius 1 is 0.895 bits per heavy atom. The summed E-state index contributed by atoms with van der Waals surface area (Å²) in [4.78, 5) is 8.84. The molecule has 92 valence electrons. The maximum Gasteiger partial charge on any atom is 0.230 e. The highest BCUT2D eigenvalue weighted by Crippen LogP contribution is 2.34. The van der Waals surface area contributed by atoms with Gasteiger partial charge in [0.05, 0.1) is 11.1 Å². The molecular formula is C16H12N2O. The SMILES string of the molecule is Cc1nc(C)c2c(n1)oc1c3ccccc3ccc12. The number of rotatable bonds is 0. The van der Waals surface area contributed by atoms with E-state index in [1.54, 1.807) is 0 Å². The number of hydrogen-bond donors (Lipinski definition) is 0. The molecule has 2 aromatic heterocycles. The van der Waals surface area contributed by atoms with Crippen LogP contribution in [0, 0.1) is 13.8 Å². The van der Waals surface area contributed by atoms with Crippen LogP contribution in [0.2, 0.25) is 0 Å². The average molecular weight is 248 g/mol. The van der Waals surface area contributed by atoms with Gasteiger partial charge >= 0.3 is 0 Å². The summed E-state index contributed by atoms with van der Waals surface area (Å²) in [6.07, 6.45) is 0. The van der Waals surface area contributed by atoms with E-state index in [1.165, 1.54) is 5.39 Å². The minimum absolute atomic E-state index is 0.677. The van der Waals surface area contributed by atoms with Gasteiger partial charge in [-0.2, -0.15) is 4.98 Å². The first kappa shape index (κ1) is 10.5. The minimum atomic E-state index is 0.677. The zero-order valence-electron chi connectivity index (χ0n) is 10.8. The predicted molar refractivity (Wildman–Crippen MR) is 76.3 cm³/mol. The summed E-state index contributed by atoms with van der Waals surface area (Å²) in [7, 11) is 0. The highest BCUT2D eigenvalue weighted by atomic mass is 16.3. The van der Waals surface area contributed by atoms with Crippen molar-refractivity contribution in [3.8, 4) is 0 Å². The highest BCUT2D eigenvalue weighted by Gasteiger charge is 2.14. The van der Waals surface area contributed by atoms with Crippen molar-refractivity contribution in [1.29, 1.82) is 0 Å². The summed E-state index contributed by atoms with van der Waals surface area (Å²) < 4.78 is 5.98. The highest BCUT2D eigenvalue weighted by molar-refractivity contribution is 6.14. The molecule has 0 aliphatic rings. The van der Waals surface area contributed by atoms with Crippen molar-refractivity contribution in [2.45, 2.75) is 13.8 Å². The third kappa shape index (κ3) is 1.38. The molecule has 2 heterocycles. The second-order valence-corrected chi connectivity index (χ2v) is 4.80. The lowest BCUT2D eigenvalue weighted by Gasteiger charge is -1.98. The van der Waals surface area contributed by atoms with E-state index in [1.807, 2.05) is 26.0 Å². The van der Waals surface area contributed by atoms with Crippen LogP contribution in [0.1, 0.15) is 11.5 Å². The molecule has 0 aliphatic carbocycles. The Morgan fingerprint density at radius 3 is 2.63 bits per heavy atom. The van der Waals surface area contributed by atoms with Crippen LogP contribution < -0.4 is 0 Å². The van der Waals surface area contributed by atoms with E-state index < -0.39 is 0 Å². The van der Waals surface area contributed by atoms with Crippen molar-refractivity contribution < 1.29 is 4.42 Å². The van der Waals surface area contributed by atoms with E-state index in [-0.39, 0.29) is 0 Å². The number of fused-ring (bicyclic) bond motifs is 5. The molecule has 0 aliphatic heterocycles. The molecule has 3 heteroatoms. The first-order valence-electron chi connectivity index (χ1n) is 6.29. The molecule has 4 rings (SSSR count). The summed E-state index contributed by atoms with van der Waals surface area (Å²) in [6, 6.07) is 12.4. The van der Waals surface area contributed by atoms with E-state index in [0.717, 1.165) is 33.3 Å². The van der Waals surface area contributed by atoms with Gasteiger partial charge in [-0.1, -0.05) is 30.3 Å². The summed E-state index contributed by atoms with van der Waals surface area (Å²) in [5, 5.41) is 4.41. The Kier molecular flexibility index (Phi) is 1.96. The Labute approximate surface area is 109 Å². The molecule has 0 bridgehead atoms. The number of aromatic nitrogens is 2. The summed E-state index contributed by atoms with van der Waals surface area (Å²) >= 11 is 0. The van der Waals surface area contributed by atoms with Gasteiger partial charge in [0, 0.05) is 10.8 Å². The van der Waals surface area contributed by atoms with Crippen LogP contribution in [0.25, 0.3) is 32.8 Å². The minimum Gasteiger partial charge on any atom is -0.437 e. The van der Waals surface area contributed by atoms with Gasteiger partial charge in [-0.15, -0.1) is 0 Å². The molecule has 0 radical (unpaired) electrons. The number of furan rings is 1. The molecule has 3 nitrogen and oxygen atoms in total. The largest absolute Gasteiger partial charge is 0.437 e. The Balaban J connectivity index is 2.31. The van der Waals surface area contributed by atoms with Crippen LogP contribution in [0.4, 0.5) is 0 Å². The lowest BCUT2D eigenvalue weighted by molar-refractivity contribution is 0.653. The Bertz CT molecular complexity index is 938. The van der Waals surface area contributed by atoms with E-state index in [2.05, 4.69) is 34.2 Å². The standard InChI is InChI=1S/C16H12N2O/c1-9-14-13-8-7-11-5-3-4-6-12(11)15(13)19-16(14)18-10(2)17-9/h3-8H,1-2H3. The maximum atomic E-state index is 5.98. The Morgan fingerprint density at radius 2 is 1.74 bits per heavy atom. The van der Waals surface area contributed by atoms with Crippen LogP contribution in [0.3, 0.4) is 0 Å². The summed E-state index contributed by atoms with van der Waals surface area (Å²) in [5.74, 6) is 0.744. The normalized spacial score (nSPS) is 11.7. The van der Waals surface area contributed by atoms with Crippen LogP contribution in [-0.2, 0) is 0 Å². The van der Waals surface area contributed by atoms with Gasteiger partial charge in [0.25, 0.3) is 0 Å². The summed E-state index contributed by atoms with van der Waals surface area (Å²) in [6.45, 7) is 3.89. The van der Waals surface area contributed by atoms with Crippen molar-refractivity contribution in [3.63, 3.8) is 0 Å². The molecule has 0 atom stereocenters. The fraction of sp³-hybridized carbons (Fsp3) is 0.125. The van der Waals surface area contributed by atoms with Crippen LogP contribution in [0.5, 0.6) is 0 Å². The van der Waals surface area contributed by atoms with Gasteiger partial charge in [-0.3, -0.25) is 0 Å². The van der Waals surface area contributed by atoms with Crippen molar-refractivity contribution in [1.82, 2.24) is 9.97 Å². The van der Waals surface area contributed by atoms with Gasteiger partial charge in [0.2, 0.25) is 5.71 Å². The molecular weight excluding hydrogens is 236 g/mol. The fourth-order valence-corrected chi connectivity index (χ4v) is 2.71. The van der Waals surface area contributed by atoms with Crippen molar-refractivity contribution in [2.24, 2.45) is 0 Å². The van der Waals surface area contributed by atoms with Crippen LogP contribution in [0.15, 0.2) is 40.8 Å². The second-order valence-electron chi connectivity index (χ2n) is 4.80. The van der Waals surface area contributed by atoms with Crippen molar-refractivity contribution >= 4 is 32.8 Å². The fourth-order valence-electron chi connectivity index (χ4n) is 2.71. The smallest absolute Gasteiger partial charge is 0.230 e. The molecule has 0 N–H and O–H groups in total. The number of benzene rings is 2. The topological polar surface area (TPSA) is 38.9 Å². The van der Waals surface area contributed by atoms with Gasteiger partial charge < -0.3 is 4.42 Å². The van der Waals surface area contributed by atoms with Gasteiger partial charge in [0.15, 0.2) is 0 Å². The monoisotopic (exact) mass is 248 g/mol. The molecule has 0 spiro atoms. The van der Waals surface area contributed by atoms with Crippen LogP contribution >= 0.6 is 0 Å². The first-order valence-corrected chi connectivity index (χ1v) is 6.29. The first-order chi connectivity index (χ1) is 9.24. The van der Waals surface area contributed by atoms with Gasteiger partial charge in [0.1, 0.15) is 11.4 Å². The average Bonchev–Trinajstić information content (AvgIpc) is 2.77. The molecule has 4 aromatic rings. The maximum absolute atomic E-state index is 5.98. The zero-order chi connectivity index (χ0) is 13.0. The molecule has 0 amide bonds. The third-order valence-corrected chi connectivity index (χ3v) is 3.52. The predicted octanol–water partition coefficient (Wildman–Crippen LogP) is 4.15. The van der Waals surface area contributed by atoms with Gasteiger partial charge in [-0.25, -0.2) is 4.98 Å². The second kappa shape index (κ2) is 3.54.